The Labute approximate surface area is 118 Å². The number of aromatic amines is 1. The second-order valence-electron chi connectivity index (χ2n) is 4.67. The lowest BCUT2D eigenvalue weighted by atomic mass is 10.2. The predicted molar refractivity (Wildman–Crippen MR) is 68.6 cm³/mol. The van der Waals surface area contributed by atoms with Gasteiger partial charge in [0.05, 0.1) is 17.1 Å². The van der Waals surface area contributed by atoms with E-state index in [-0.39, 0.29) is 11.4 Å². The molecule has 0 aliphatic heterocycles. The zero-order valence-electron chi connectivity index (χ0n) is 11.6. The van der Waals surface area contributed by atoms with Crippen LogP contribution in [0.3, 0.4) is 0 Å². The number of aromatic nitrogens is 4. The van der Waals surface area contributed by atoms with E-state index in [0.29, 0.717) is 5.69 Å². The highest BCUT2D eigenvalue weighted by Gasteiger charge is 2.38. The summed E-state index contributed by atoms with van der Waals surface area (Å²) in [6, 6.07) is 0.961. The molecule has 1 atom stereocenters. The predicted octanol–water partition coefficient (Wildman–Crippen LogP) is 2.44. The maximum atomic E-state index is 12.8. The number of anilines is 1. The van der Waals surface area contributed by atoms with E-state index in [1.807, 2.05) is 0 Å². The van der Waals surface area contributed by atoms with Gasteiger partial charge in [0.25, 0.3) is 0 Å². The molecule has 2 N–H and O–H groups in total. The fourth-order valence-corrected chi connectivity index (χ4v) is 1.78. The van der Waals surface area contributed by atoms with Gasteiger partial charge in [0.2, 0.25) is 5.91 Å². The Morgan fingerprint density at radius 2 is 2.10 bits per heavy atom. The van der Waals surface area contributed by atoms with Gasteiger partial charge >= 0.3 is 6.18 Å². The molecule has 2 aromatic heterocycles. The van der Waals surface area contributed by atoms with Gasteiger partial charge in [-0.05, 0) is 26.8 Å². The van der Waals surface area contributed by atoms with Crippen molar-refractivity contribution in [2.24, 2.45) is 0 Å². The zero-order chi connectivity index (χ0) is 15.8. The summed E-state index contributed by atoms with van der Waals surface area (Å²) in [5.41, 5.74) is -0.648. The Balaban J connectivity index is 2.22. The minimum atomic E-state index is -4.64. The largest absolute Gasteiger partial charge is 0.437 e. The van der Waals surface area contributed by atoms with Crippen LogP contribution >= 0.6 is 0 Å². The standard InChI is InChI=1S/C12H14F3N5O/c1-6-4-5-20(19-6)8(3)11(21)16-9-7(2)17-18-10(9)12(13,14)15/h4-5,8H,1-3H3,(H,16,21)(H,17,18). The number of aryl methyl sites for hydroxylation is 2. The third kappa shape index (κ3) is 3.06. The summed E-state index contributed by atoms with van der Waals surface area (Å²) in [7, 11) is 0. The van der Waals surface area contributed by atoms with Crippen molar-refractivity contribution in [1.29, 1.82) is 0 Å². The topological polar surface area (TPSA) is 75.6 Å². The fourth-order valence-electron chi connectivity index (χ4n) is 1.78. The Kier molecular flexibility index (Phi) is 3.75. The van der Waals surface area contributed by atoms with Gasteiger partial charge in [0, 0.05) is 6.20 Å². The van der Waals surface area contributed by atoms with E-state index in [1.54, 1.807) is 26.1 Å². The van der Waals surface area contributed by atoms with Crippen LogP contribution in [0.1, 0.15) is 30.0 Å². The summed E-state index contributed by atoms with van der Waals surface area (Å²) in [6.45, 7) is 4.70. The number of amides is 1. The van der Waals surface area contributed by atoms with E-state index in [1.165, 1.54) is 11.6 Å². The molecule has 6 nitrogen and oxygen atoms in total. The van der Waals surface area contributed by atoms with Crippen LogP contribution in [0.15, 0.2) is 12.3 Å². The van der Waals surface area contributed by atoms with Crippen LogP contribution in [0, 0.1) is 13.8 Å². The first-order chi connectivity index (χ1) is 9.70. The fraction of sp³-hybridized carbons (Fsp3) is 0.417. The summed E-state index contributed by atoms with van der Waals surface area (Å²) in [4.78, 5) is 12.1. The number of H-pyrrole nitrogens is 1. The smallest absolute Gasteiger partial charge is 0.321 e. The summed E-state index contributed by atoms with van der Waals surface area (Å²) >= 11 is 0. The van der Waals surface area contributed by atoms with E-state index in [2.05, 4.69) is 20.6 Å². The molecule has 0 radical (unpaired) electrons. The normalized spacial score (nSPS) is 13.2. The molecule has 1 amide bonds. The number of hydrogen-bond donors (Lipinski definition) is 2. The van der Waals surface area contributed by atoms with Crippen molar-refractivity contribution in [3.05, 3.63) is 29.3 Å². The van der Waals surface area contributed by atoms with Crippen LogP contribution in [0.2, 0.25) is 0 Å². The molecule has 1 unspecified atom stereocenters. The monoisotopic (exact) mass is 301 g/mol. The van der Waals surface area contributed by atoms with E-state index < -0.39 is 23.8 Å². The molecule has 0 aromatic carbocycles. The summed E-state index contributed by atoms with van der Waals surface area (Å²) in [5.74, 6) is -0.604. The van der Waals surface area contributed by atoms with Gasteiger partial charge in [0.15, 0.2) is 5.69 Å². The van der Waals surface area contributed by atoms with Crippen LogP contribution in [0.5, 0.6) is 0 Å². The molecule has 0 spiro atoms. The minimum absolute atomic E-state index is 0.138. The molecular weight excluding hydrogens is 287 g/mol. The first kappa shape index (κ1) is 15.1. The first-order valence-electron chi connectivity index (χ1n) is 6.15. The molecule has 9 heteroatoms. The second kappa shape index (κ2) is 5.23. The number of rotatable bonds is 3. The minimum Gasteiger partial charge on any atom is -0.321 e. The van der Waals surface area contributed by atoms with E-state index in [0.717, 1.165) is 0 Å². The quantitative estimate of drug-likeness (QED) is 0.914. The van der Waals surface area contributed by atoms with Gasteiger partial charge < -0.3 is 5.32 Å². The molecule has 0 aliphatic carbocycles. The third-order valence-corrected chi connectivity index (χ3v) is 2.98. The summed E-state index contributed by atoms with van der Waals surface area (Å²) < 4.78 is 39.7. The van der Waals surface area contributed by atoms with Crippen molar-refractivity contribution >= 4 is 11.6 Å². The molecule has 2 rings (SSSR count). The van der Waals surface area contributed by atoms with E-state index >= 15 is 0 Å². The number of alkyl halides is 3. The molecule has 0 saturated heterocycles. The van der Waals surface area contributed by atoms with E-state index in [4.69, 9.17) is 0 Å². The maximum Gasteiger partial charge on any atom is 0.437 e. The highest BCUT2D eigenvalue weighted by molar-refractivity contribution is 5.94. The zero-order valence-corrected chi connectivity index (χ0v) is 11.6. The van der Waals surface area contributed by atoms with Crippen LogP contribution in [-0.2, 0) is 11.0 Å². The molecule has 114 valence electrons. The lowest BCUT2D eigenvalue weighted by molar-refractivity contribution is -0.140. The maximum absolute atomic E-state index is 12.8. The number of carbonyl (C=O) groups excluding carboxylic acids is 1. The lowest BCUT2D eigenvalue weighted by Gasteiger charge is -2.14. The molecule has 2 aromatic rings. The van der Waals surface area contributed by atoms with Crippen molar-refractivity contribution in [3.8, 4) is 0 Å². The number of nitrogens with zero attached hydrogens (tertiary/aromatic N) is 3. The Hall–Kier alpha value is -2.32. The first-order valence-corrected chi connectivity index (χ1v) is 6.15. The van der Waals surface area contributed by atoms with Crippen molar-refractivity contribution < 1.29 is 18.0 Å². The molecule has 2 heterocycles. The highest BCUT2D eigenvalue weighted by Crippen LogP contribution is 2.34. The van der Waals surface area contributed by atoms with Crippen LogP contribution in [-0.4, -0.2) is 25.9 Å². The Morgan fingerprint density at radius 1 is 1.43 bits per heavy atom. The van der Waals surface area contributed by atoms with Crippen LogP contribution in [0.4, 0.5) is 18.9 Å². The number of nitrogens with one attached hydrogen (secondary N) is 2. The lowest BCUT2D eigenvalue weighted by Crippen LogP contribution is -2.25. The summed E-state index contributed by atoms with van der Waals surface area (Å²) in [5, 5.41) is 11.7. The van der Waals surface area contributed by atoms with Gasteiger partial charge in [0.1, 0.15) is 6.04 Å². The van der Waals surface area contributed by atoms with Crippen molar-refractivity contribution in [3.63, 3.8) is 0 Å². The number of hydrogen-bond acceptors (Lipinski definition) is 3. The molecule has 0 saturated carbocycles. The molecule has 21 heavy (non-hydrogen) atoms. The third-order valence-electron chi connectivity index (χ3n) is 2.98. The molecule has 0 bridgehead atoms. The molecule has 0 fully saturated rings. The van der Waals surface area contributed by atoms with Crippen LogP contribution < -0.4 is 5.32 Å². The van der Waals surface area contributed by atoms with Crippen molar-refractivity contribution in [2.45, 2.75) is 33.0 Å². The van der Waals surface area contributed by atoms with E-state index in [9.17, 15) is 18.0 Å². The number of halogens is 3. The van der Waals surface area contributed by atoms with Gasteiger partial charge in [-0.2, -0.15) is 23.4 Å². The summed E-state index contributed by atoms with van der Waals surface area (Å²) in [6.07, 6.45) is -3.05. The highest BCUT2D eigenvalue weighted by atomic mass is 19.4. The van der Waals surface area contributed by atoms with Gasteiger partial charge in [-0.25, -0.2) is 0 Å². The van der Waals surface area contributed by atoms with Crippen molar-refractivity contribution in [2.75, 3.05) is 5.32 Å². The molecular formula is C12H14F3N5O. The SMILES string of the molecule is Cc1ccn(C(C)C(=O)Nc2c(C(F)(F)F)n[nH]c2C)n1. The van der Waals surface area contributed by atoms with Gasteiger partial charge in [-0.3, -0.25) is 14.6 Å². The Morgan fingerprint density at radius 3 is 2.62 bits per heavy atom. The van der Waals surface area contributed by atoms with Crippen molar-refractivity contribution in [1.82, 2.24) is 20.0 Å². The second-order valence-corrected chi connectivity index (χ2v) is 4.67. The van der Waals surface area contributed by atoms with Gasteiger partial charge in [-0.1, -0.05) is 0 Å². The number of carbonyl (C=O) groups is 1. The average Bonchev–Trinajstić information content (AvgIpc) is 2.95. The molecule has 0 aliphatic rings. The Bertz CT molecular complexity index is 658. The average molecular weight is 301 g/mol. The van der Waals surface area contributed by atoms with Gasteiger partial charge in [-0.15, -0.1) is 0 Å². The van der Waals surface area contributed by atoms with Crippen LogP contribution in [0.25, 0.3) is 0 Å².